The molecule has 2 N–H and O–H groups in total. The fraction of sp³-hybridized carbons (Fsp3) is 0.385. The van der Waals surface area contributed by atoms with E-state index in [9.17, 15) is 15.2 Å². The predicted octanol–water partition coefficient (Wildman–Crippen LogP) is 2.11. The molecule has 2 rings (SSSR count). The number of nitrogens with zero attached hydrogens (tertiary/aromatic N) is 3. The van der Waals surface area contributed by atoms with Gasteiger partial charge in [-0.2, -0.15) is 0 Å². The molecule has 7 heteroatoms. The zero-order valence-corrected chi connectivity index (χ0v) is 11.3. The second-order valence-corrected chi connectivity index (χ2v) is 4.88. The van der Waals surface area contributed by atoms with Crippen LogP contribution >= 0.6 is 0 Å². The highest BCUT2D eigenvalue weighted by Crippen LogP contribution is 2.24. The maximum absolute atomic E-state index is 10.8. The highest BCUT2D eigenvalue weighted by Gasteiger charge is 2.18. The molecule has 2 aromatic rings. The van der Waals surface area contributed by atoms with Gasteiger partial charge in [0, 0.05) is 24.1 Å². The average Bonchev–Trinajstić information content (AvgIpc) is 2.44. The standard InChI is InChI=1S/C13H16N4O3/c1-3-13(2,18)7-14-12-10-6-9(17(19)20)4-5-11(10)15-8-16-12/h4-6,8,18H,3,7H2,1-2H3,(H,14,15,16). The molecule has 7 nitrogen and oxygen atoms in total. The molecule has 0 radical (unpaired) electrons. The van der Waals surface area contributed by atoms with Crippen LogP contribution in [0.2, 0.25) is 0 Å². The molecule has 1 atom stereocenters. The Morgan fingerprint density at radius 3 is 2.85 bits per heavy atom. The average molecular weight is 276 g/mol. The summed E-state index contributed by atoms with van der Waals surface area (Å²) in [7, 11) is 0. The van der Waals surface area contributed by atoms with Crippen molar-refractivity contribution in [2.24, 2.45) is 0 Å². The number of nitro benzene ring substituents is 1. The van der Waals surface area contributed by atoms with Crippen molar-refractivity contribution in [2.75, 3.05) is 11.9 Å². The Balaban J connectivity index is 2.37. The lowest BCUT2D eigenvalue weighted by Gasteiger charge is -2.22. The van der Waals surface area contributed by atoms with Gasteiger partial charge in [0.15, 0.2) is 0 Å². The summed E-state index contributed by atoms with van der Waals surface area (Å²) < 4.78 is 0. The molecule has 106 valence electrons. The molecule has 0 aliphatic carbocycles. The summed E-state index contributed by atoms with van der Waals surface area (Å²) >= 11 is 0. The summed E-state index contributed by atoms with van der Waals surface area (Å²) in [6.45, 7) is 3.90. The summed E-state index contributed by atoms with van der Waals surface area (Å²) in [6, 6.07) is 4.41. The summed E-state index contributed by atoms with van der Waals surface area (Å²) in [6.07, 6.45) is 1.97. The van der Waals surface area contributed by atoms with E-state index in [1.165, 1.54) is 18.5 Å². The number of aliphatic hydroxyl groups is 1. The van der Waals surface area contributed by atoms with Crippen LogP contribution in [0.5, 0.6) is 0 Å². The highest BCUT2D eigenvalue weighted by molar-refractivity contribution is 5.90. The molecule has 1 unspecified atom stereocenters. The van der Waals surface area contributed by atoms with Gasteiger partial charge < -0.3 is 10.4 Å². The summed E-state index contributed by atoms with van der Waals surface area (Å²) in [5.74, 6) is 0.479. The molecule has 1 aromatic heterocycles. The van der Waals surface area contributed by atoms with E-state index in [-0.39, 0.29) is 5.69 Å². The second-order valence-electron chi connectivity index (χ2n) is 4.88. The molecule has 0 saturated heterocycles. The molecule has 0 bridgehead atoms. The fourth-order valence-corrected chi connectivity index (χ4v) is 1.70. The second kappa shape index (κ2) is 5.38. The molecule has 0 aliphatic rings. The molecule has 0 spiro atoms. The first kappa shape index (κ1) is 14.1. The topological polar surface area (TPSA) is 101 Å². The molecule has 0 fully saturated rings. The largest absolute Gasteiger partial charge is 0.388 e. The molecule has 0 saturated carbocycles. The summed E-state index contributed by atoms with van der Waals surface area (Å²) in [4.78, 5) is 18.5. The predicted molar refractivity (Wildman–Crippen MR) is 75.6 cm³/mol. The number of benzene rings is 1. The number of hydrogen-bond donors (Lipinski definition) is 2. The smallest absolute Gasteiger partial charge is 0.270 e. The van der Waals surface area contributed by atoms with Gasteiger partial charge in [0.25, 0.3) is 5.69 Å². The van der Waals surface area contributed by atoms with E-state index in [4.69, 9.17) is 0 Å². The van der Waals surface area contributed by atoms with Crippen LogP contribution in [0.15, 0.2) is 24.5 Å². The van der Waals surface area contributed by atoms with Gasteiger partial charge in [0.1, 0.15) is 12.1 Å². The van der Waals surface area contributed by atoms with Gasteiger partial charge in [0.2, 0.25) is 0 Å². The fourth-order valence-electron chi connectivity index (χ4n) is 1.70. The van der Waals surface area contributed by atoms with E-state index in [0.29, 0.717) is 29.7 Å². The minimum Gasteiger partial charge on any atom is -0.388 e. The van der Waals surface area contributed by atoms with Crippen LogP contribution in [-0.4, -0.2) is 32.1 Å². The molecule has 1 aromatic carbocycles. The van der Waals surface area contributed by atoms with Crippen molar-refractivity contribution in [3.63, 3.8) is 0 Å². The number of non-ortho nitro benzene ring substituents is 1. The first-order valence-corrected chi connectivity index (χ1v) is 6.28. The van der Waals surface area contributed by atoms with Gasteiger partial charge in [-0.05, 0) is 19.4 Å². The molecular formula is C13H16N4O3. The maximum atomic E-state index is 10.8. The lowest BCUT2D eigenvalue weighted by Crippen LogP contribution is -2.32. The normalized spacial score (nSPS) is 13.9. The Morgan fingerprint density at radius 2 is 2.20 bits per heavy atom. The van der Waals surface area contributed by atoms with Crippen molar-refractivity contribution in [3.8, 4) is 0 Å². The number of nitrogens with one attached hydrogen (secondary N) is 1. The van der Waals surface area contributed by atoms with Gasteiger partial charge in [-0.1, -0.05) is 6.92 Å². The maximum Gasteiger partial charge on any atom is 0.270 e. The first-order valence-electron chi connectivity index (χ1n) is 6.28. The Morgan fingerprint density at radius 1 is 1.45 bits per heavy atom. The molecule has 1 heterocycles. The van der Waals surface area contributed by atoms with Crippen LogP contribution in [0.1, 0.15) is 20.3 Å². The van der Waals surface area contributed by atoms with Crippen LogP contribution in [0.3, 0.4) is 0 Å². The van der Waals surface area contributed by atoms with Crippen molar-refractivity contribution in [1.29, 1.82) is 0 Å². The Labute approximate surface area is 115 Å². The van der Waals surface area contributed by atoms with E-state index in [1.807, 2.05) is 6.92 Å². The SMILES string of the molecule is CCC(C)(O)CNc1ncnc2ccc([N+](=O)[O-])cc12. The highest BCUT2D eigenvalue weighted by atomic mass is 16.6. The third kappa shape index (κ3) is 3.00. The van der Waals surface area contributed by atoms with E-state index in [0.717, 1.165) is 0 Å². The number of hydrogen-bond acceptors (Lipinski definition) is 6. The van der Waals surface area contributed by atoms with Crippen LogP contribution < -0.4 is 5.32 Å². The van der Waals surface area contributed by atoms with Crippen LogP contribution in [0.25, 0.3) is 10.9 Å². The molecule has 0 amide bonds. The zero-order valence-electron chi connectivity index (χ0n) is 11.3. The van der Waals surface area contributed by atoms with Gasteiger partial charge >= 0.3 is 0 Å². The first-order chi connectivity index (χ1) is 9.43. The van der Waals surface area contributed by atoms with E-state index in [2.05, 4.69) is 15.3 Å². The van der Waals surface area contributed by atoms with Crippen molar-refractivity contribution < 1.29 is 10.0 Å². The minimum absolute atomic E-state index is 0.0161. The Bertz CT molecular complexity index is 643. The number of fused-ring (bicyclic) bond motifs is 1. The number of anilines is 1. The summed E-state index contributed by atoms with van der Waals surface area (Å²) in [5, 5.41) is 24.4. The zero-order chi connectivity index (χ0) is 14.8. The van der Waals surface area contributed by atoms with E-state index >= 15 is 0 Å². The van der Waals surface area contributed by atoms with Crippen LogP contribution in [-0.2, 0) is 0 Å². The number of aromatic nitrogens is 2. The van der Waals surface area contributed by atoms with Crippen molar-refractivity contribution in [3.05, 3.63) is 34.6 Å². The molecule has 0 aliphatic heterocycles. The van der Waals surface area contributed by atoms with Gasteiger partial charge in [-0.3, -0.25) is 10.1 Å². The van der Waals surface area contributed by atoms with E-state index in [1.54, 1.807) is 13.0 Å². The summed E-state index contributed by atoms with van der Waals surface area (Å²) in [5.41, 5.74) is -0.264. The van der Waals surface area contributed by atoms with Crippen molar-refractivity contribution >= 4 is 22.4 Å². The van der Waals surface area contributed by atoms with Crippen molar-refractivity contribution in [1.82, 2.24) is 9.97 Å². The van der Waals surface area contributed by atoms with Crippen molar-refractivity contribution in [2.45, 2.75) is 25.9 Å². The Hall–Kier alpha value is -2.28. The third-order valence-corrected chi connectivity index (χ3v) is 3.23. The minimum atomic E-state index is -0.863. The third-order valence-electron chi connectivity index (χ3n) is 3.23. The molecular weight excluding hydrogens is 260 g/mol. The number of nitro groups is 1. The quantitative estimate of drug-likeness (QED) is 0.640. The van der Waals surface area contributed by atoms with Gasteiger partial charge in [-0.25, -0.2) is 9.97 Å². The Kier molecular flexibility index (Phi) is 3.80. The van der Waals surface area contributed by atoms with Crippen LogP contribution in [0.4, 0.5) is 11.5 Å². The lowest BCUT2D eigenvalue weighted by molar-refractivity contribution is -0.384. The monoisotopic (exact) mass is 276 g/mol. The lowest BCUT2D eigenvalue weighted by atomic mass is 10.0. The van der Waals surface area contributed by atoms with Gasteiger partial charge in [-0.15, -0.1) is 0 Å². The number of rotatable bonds is 5. The van der Waals surface area contributed by atoms with E-state index < -0.39 is 10.5 Å². The van der Waals surface area contributed by atoms with Gasteiger partial charge in [0.05, 0.1) is 16.0 Å². The van der Waals surface area contributed by atoms with Crippen LogP contribution in [0, 0.1) is 10.1 Å². The molecule has 20 heavy (non-hydrogen) atoms.